The second kappa shape index (κ2) is 7.23. The molecule has 0 atom stereocenters. The van der Waals surface area contributed by atoms with E-state index in [0.717, 1.165) is 5.92 Å². The zero-order valence-electron chi connectivity index (χ0n) is 15.2. The van der Waals surface area contributed by atoms with E-state index in [1.807, 2.05) is 13.8 Å². The summed E-state index contributed by atoms with van der Waals surface area (Å²) in [7, 11) is 2.24. The lowest BCUT2D eigenvalue weighted by atomic mass is 9.57. The van der Waals surface area contributed by atoms with Crippen LogP contribution in [-0.4, -0.2) is 62.7 Å². The third-order valence-corrected chi connectivity index (χ3v) is 5.73. The molecule has 3 fully saturated rings. The van der Waals surface area contributed by atoms with Crippen molar-refractivity contribution >= 4 is 5.69 Å². The highest BCUT2D eigenvalue weighted by atomic mass is 15.3. The van der Waals surface area contributed by atoms with E-state index in [9.17, 15) is 0 Å². The Morgan fingerprint density at radius 3 is 2.17 bits per heavy atom. The van der Waals surface area contributed by atoms with Gasteiger partial charge in [-0.2, -0.15) is 0 Å². The molecule has 1 aliphatic carbocycles. The minimum atomic E-state index is 0.674. The summed E-state index contributed by atoms with van der Waals surface area (Å²) >= 11 is 0. The molecule has 0 N–H and O–H groups in total. The van der Waals surface area contributed by atoms with Crippen molar-refractivity contribution in [3.8, 4) is 0 Å². The molecule has 3 aliphatic rings. The molecule has 0 amide bonds. The van der Waals surface area contributed by atoms with Gasteiger partial charge in [0.15, 0.2) is 0 Å². The summed E-state index contributed by atoms with van der Waals surface area (Å²) in [5.74, 6) is 0.964. The number of anilines is 1. The maximum absolute atomic E-state index is 2.69. The number of likely N-dealkylation sites (N-methyl/N-ethyl adjacent to an activating group) is 1. The summed E-state index contributed by atoms with van der Waals surface area (Å²) in [4.78, 5) is 7.68. The molecule has 3 heteroatoms. The Morgan fingerprint density at radius 2 is 1.57 bits per heavy atom. The fraction of sp³-hybridized carbons (Fsp3) is 0.700. The van der Waals surface area contributed by atoms with E-state index in [1.165, 1.54) is 64.3 Å². The molecule has 4 rings (SSSR count). The van der Waals surface area contributed by atoms with Gasteiger partial charge in [-0.05, 0) is 37.9 Å². The lowest BCUT2D eigenvalue weighted by Crippen LogP contribution is -2.63. The molecular weight excluding hydrogens is 282 g/mol. The van der Waals surface area contributed by atoms with Gasteiger partial charge in [-0.3, -0.25) is 0 Å². The molecule has 0 aromatic heterocycles. The topological polar surface area (TPSA) is 9.72 Å². The van der Waals surface area contributed by atoms with Crippen molar-refractivity contribution in [2.75, 3.05) is 57.8 Å². The number of rotatable bonds is 3. The molecule has 3 nitrogen and oxygen atoms in total. The SMILES string of the molecule is CC.CN1CCN(CC2CC3(C2)CN(c2ccccc2)C3)CC1. The van der Waals surface area contributed by atoms with E-state index in [4.69, 9.17) is 0 Å². The largest absolute Gasteiger partial charge is 0.370 e. The first-order valence-electron chi connectivity index (χ1n) is 9.43. The molecule has 1 aromatic carbocycles. The van der Waals surface area contributed by atoms with Crippen LogP contribution in [0.1, 0.15) is 26.7 Å². The maximum atomic E-state index is 2.69. The van der Waals surface area contributed by atoms with Crippen molar-refractivity contribution in [1.29, 1.82) is 0 Å². The van der Waals surface area contributed by atoms with Crippen molar-refractivity contribution in [2.45, 2.75) is 26.7 Å². The second-order valence-electron chi connectivity index (χ2n) is 7.57. The van der Waals surface area contributed by atoms with Crippen LogP contribution in [0, 0.1) is 11.3 Å². The minimum Gasteiger partial charge on any atom is -0.370 e. The highest BCUT2D eigenvalue weighted by Gasteiger charge is 2.52. The van der Waals surface area contributed by atoms with Crippen molar-refractivity contribution in [3.05, 3.63) is 30.3 Å². The van der Waals surface area contributed by atoms with Gasteiger partial charge in [0.1, 0.15) is 0 Å². The van der Waals surface area contributed by atoms with E-state index < -0.39 is 0 Å². The quantitative estimate of drug-likeness (QED) is 0.848. The number of hydrogen-bond acceptors (Lipinski definition) is 3. The van der Waals surface area contributed by atoms with Gasteiger partial charge in [-0.25, -0.2) is 0 Å². The number of nitrogens with zero attached hydrogens (tertiary/aromatic N) is 3. The Balaban J connectivity index is 0.000000753. The molecule has 2 saturated heterocycles. The van der Waals surface area contributed by atoms with Crippen LogP contribution in [0.2, 0.25) is 0 Å². The van der Waals surface area contributed by atoms with Gasteiger partial charge in [0, 0.05) is 56.9 Å². The zero-order chi connectivity index (χ0) is 16.3. The Hall–Kier alpha value is -1.06. The van der Waals surface area contributed by atoms with Crippen LogP contribution in [0.3, 0.4) is 0 Å². The standard InChI is InChI=1S/C18H27N3.C2H6/c1-19-7-9-20(10-8-19)13-16-11-18(12-16)14-21(15-18)17-5-3-2-4-6-17;1-2/h2-6,16H,7-15H2,1H3;1-2H3. The summed E-state index contributed by atoms with van der Waals surface area (Å²) in [5, 5.41) is 0. The predicted octanol–water partition coefficient (Wildman–Crippen LogP) is 3.18. The summed E-state index contributed by atoms with van der Waals surface area (Å²) in [6, 6.07) is 10.9. The zero-order valence-corrected chi connectivity index (χ0v) is 15.2. The lowest BCUT2D eigenvalue weighted by molar-refractivity contribution is -0.00290. The lowest BCUT2D eigenvalue weighted by Gasteiger charge is -2.60. The van der Waals surface area contributed by atoms with E-state index >= 15 is 0 Å². The van der Waals surface area contributed by atoms with E-state index in [1.54, 1.807) is 0 Å². The molecule has 2 aliphatic heterocycles. The van der Waals surface area contributed by atoms with Crippen LogP contribution in [0.25, 0.3) is 0 Å². The summed E-state index contributed by atoms with van der Waals surface area (Å²) in [5.41, 5.74) is 2.08. The Bertz CT molecular complexity index is 465. The van der Waals surface area contributed by atoms with Crippen molar-refractivity contribution in [2.24, 2.45) is 11.3 Å². The van der Waals surface area contributed by atoms with Crippen LogP contribution in [0.15, 0.2) is 30.3 Å². The van der Waals surface area contributed by atoms with Gasteiger partial charge >= 0.3 is 0 Å². The van der Waals surface area contributed by atoms with Gasteiger partial charge in [0.05, 0.1) is 0 Å². The van der Waals surface area contributed by atoms with Crippen molar-refractivity contribution in [3.63, 3.8) is 0 Å². The van der Waals surface area contributed by atoms with Crippen LogP contribution in [0.4, 0.5) is 5.69 Å². The summed E-state index contributed by atoms with van der Waals surface area (Å²) in [6.45, 7) is 13.0. The van der Waals surface area contributed by atoms with Gasteiger partial charge in [0.2, 0.25) is 0 Å². The minimum absolute atomic E-state index is 0.674. The van der Waals surface area contributed by atoms with Gasteiger partial charge in [0.25, 0.3) is 0 Å². The molecule has 1 saturated carbocycles. The van der Waals surface area contributed by atoms with Crippen molar-refractivity contribution < 1.29 is 0 Å². The number of benzene rings is 1. The molecule has 128 valence electrons. The first-order chi connectivity index (χ1) is 11.2. The fourth-order valence-electron chi connectivity index (χ4n) is 4.53. The molecule has 0 radical (unpaired) electrons. The molecule has 0 unspecified atom stereocenters. The van der Waals surface area contributed by atoms with E-state index in [0.29, 0.717) is 5.41 Å². The van der Waals surface area contributed by atoms with E-state index in [-0.39, 0.29) is 0 Å². The number of para-hydroxylation sites is 1. The predicted molar refractivity (Wildman–Crippen MR) is 99.1 cm³/mol. The first kappa shape index (κ1) is 16.8. The smallest absolute Gasteiger partial charge is 0.0366 e. The Kier molecular flexibility index (Phi) is 5.27. The van der Waals surface area contributed by atoms with Gasteiger partial charge in [-0.1, -0.05) is 32.0 Å². The highest BCUT2D eigenvalue weighted by Crippen LogP contribution is 2.53. The Labute approximate surface area is 142 Å². The molecule has 0 bridgehead atoms. The molecular formula is C20H33N3. The average Bonchev–Trinajstić information content (AvgIpc) is 2.53. The molecule has 1 aromatic rings. The number of hydrogen-bond donors (Lipinski definition) is 0. The van der Waals surface area contributed by atoms with Crippen LogP contribution in [0.5, 0.6) is 0 Å². The molecule has 23 heavy (non-hydrogen) atoms. The third-order valence-electron chi connectivity index (χ3n) is 5.73. The van der Waals surface area contributed by atoms with Crippen LogP contribution < -0.4 is 4.90 Å². The highest BCUT2D eigenvalue weighted by molar-refractivity contribution is 5.50. The monoisotopic (exact) mass is 315 g/mol. The molecule has 2 heterocycles. The third kappa shape index (κ3) is 3.72. The van der Waals surface area contributed by atoms with E-state index in [2.05, 4.69) is 52.1 Å². The van der Waals surface area contributed by atoms with Gasteiger partial charge in [-0.15, -0.1) is 0 Å². The van der Waals surface area contributed by atoms with Gasteiger partial charge < -0.3 is 14.7 Å². The van der Waals surface area contributed by atoms with Crippen LogP contribution >= 0.6 is 0 Å². The number of piperazine rings is 1. The Morgan fingerprint density at radius 1 is 0.957 bits per heavy atom. The fourth-order valence-corrected chi connectivity index (χ4v) is 4.53. The first-order valence-corrected chi connectivity index (χ1v) is 9.43. The summed E-state index contributed by atoms with van der Waals surface area (Å²) in [6.07, 6.45) is 2.92. The molecule has 1 spiro atoms. The average molecular weight is 316 g/mol. The van der Waals surface area contributed by atoms with Crippen LogP contribution in [-0.2, 0) is 0 Å². The second-order valence-corrected chi connectivity index (χ2v) is 7.57. The normalized spacial score (nSPS) is 24.6. The van der Waals surface area contributed by atoms with Crippen molar-refractivity contribution in [1.82, 2.24) is 9.80 Å². The summed E-state index contributed by atoms with van der Waals surface area (Å²) < 4.78 is 0. The maximum Gasteiger partial charge on any atom is 0.0366 e.